The molecule has 6 aromatic rings. The van der Waals surface area contributed by atoms with Gasteiger partial charge in [-0.2, -0.15) is 0 Å². The minimum Gasteiger partial charge on any atom is -0.327 e. The Morgan fingerprint density at radius 1 is 0.397 bits per heavy atom. The van der Waals surface area contributed by atoms with Crippen LogP contribution in [0.3, 0.4) is 0 Å². The summed E-state index contributed by atoms with van der Waals surface area (Å²) in [6.45, 7) is 8.03. The van der Waals surface area contributed by atoms with Crippen LogP contribution in [0.2, 0.25) is 0 Å². The molecule has 0 unspecified atom stereocenters. The molecular weight excluding hydrogens is 725 g/mol. The van der Waals surface area contributed by atoms with Gasteiger partial charge in [0.2, 0.25) is 0 Å². The molecule has 3 fully saturated rings. The largest absolute Gasteiger partial charge is 0.338 e. The SMILES string of the molecule is Cc1ccc(N2[C@@H]3c4cc(C)ccc4N4C(=O)N(c5ccccc5)C(=O)[C@@]42[C@]24C(=O)N(c5ccccc5)C(=O)N2c2ccc(C)cc2[C@H]3N4c2ccc(C)cc2)cc1. The van der Waals surface area contributed by atoms with Crippen molar-refractivity contribution in [2.45, 2.75) is 51.1 Å². The highest BCUT2D eigenvalue weighted by Crippen LogP contribution is 2.70. The van der Waals surface area contributed by atoms with Gasteiger partial charge in [-0.1, -0.05) is 107 Å². The lowest BCUT2D eigenvalue weighted by atomic mass is 9.68. The van der Waals surface area contributed by atoms with Crippen LogP contribution in [0.5, 0.6) is 0 Å². The van der Waals surface area contributed by atoms with Crippen LogP contribution in [-0.4, -0.2) is 35.2 Å². The van der Waals surface area contributed by atoms with E-state index in [0.29, 0.717) is 34.1 Å². The normalized spacial score (nSPS) is 23.9. The number of carbonyl (C=O) groups is 4. The molecule has 5 heterocycles. The number of para-hydroxylation sites is 2. The maximum absolute atomic E-state index is 16.6. The molecule has 2 spiro atoms. The molecule has 4 bridgehead atoms. The number of imide groups is 2. The molecule has 10 nitrogen and oxygen atoms in total. The van der Waals surface area contributed by atoms with Gasteiger partial charge >= 0.3 is 12.1 Å². The summed E-state index contributed by atoms with van der Waals surface area (Å²) in [5.74, 6) is -1.29. The zero-order chi connectivity index (χ0) is 39.8. The Kier molecular flexibility index (Phi) is 6.86. The molecule has 3 saturated heterocycles. The summed E-state index contributed by atoms with van der Waals surface area (Å²) >= 11 is 0. The van der Waals surface area contributed by atoms with Gasteiger partial charge in [-0.15, -0.1) is 0 Å². The summed E-state index contributed by atoms with van der Waals surface area (Å²) in [6.07, 6.45) is 0. The van der Waals surface area contributed by atoms with Gasteiger partial charge in [-0.05, 0) is 88.4 Å². The minimum atomic E-state index is -2.21. The number of piperazine rings is 1. The quantitative estimate of drug-likeness (QED) is 0.167. The zero-order valence-electron chi connectivity index (χ0n) is 32.3. The number of hydrogen-bond donors (Lipinski definition) is 0. The van der Waals surface area contributed by atoms with Gasteiger partial charge < -0.3 is 9.80 Å². The fourth-order valence-corrected chi connectivity index (χ4v) is 10.3. The van der Waals surface area contributed by atoms with Gasteiger partial charge in [0.05, 0.1) is 34.8 Å². The first-order valence-corrected chi connectivity index (χ1v) is 19.5. The highest BCUT2D eigenvalue weighted by molar-refractivity contribution is 6.41. The van der Waals surface area contributed by atoms with Crippen LogP contribution in [0.4, 0.5) is 43.7 Å². The third-order valence-electron chi connectivity index (χ3n) is 12.6. The highest BCUT2D eigenvalue weighted by atomic mass is 16.2. The Hall–Kier alpha value is -7.20. The molecule has 284 valence electrons. The van der Waals surface area contributed by atoms with Gasteiger partial charge in [-0.25, -0.2) is 19.4 Å². The Bertz CT molecular complexity index is 2570. The number of urea groups is 2. The van der Waals surface area contributed by atoms with Crippen molar-refractivity contribution < 1.29 is 19.2 Å². The Morgan fingerprint density at radius 3 is 1.10 bits per heavy atom. The number of carbonyl (C=O) groups excluding carboxylic acids is 4. The first-order chi connectivity index (χ1) is 28.1. The van der Waals surface area contributed by atoms with E-state index < -0.39 is 47.3 Å². The van der Waals surface area contributed by atoms with E-state index in [9.17, 15) is 0 Å². The van der Waals surface area contributed by atoms with E-state index in [0.717, 1.165) is 33.4 Å². The van der Waals surface area contributed by atoms with Crippen molar-refractivity contribution in [1.29, 1.82) is 0 Å². The molecule has 5 aliphatic rings. The summed E-state index contributed by atoms with van der Waals surface area (Å²) in [6, 6.07) is 42.7. The fraction of sp³-hybridized carbons (Fsp3) is 0.167. The van der Waals surface area contributed by atoms with Crippen molar-refractivity contribution >= 4 is 58.0 Å². The third kappa shape index (κ3) is 3.96. The summed E-state index contributed by atoms with van der Waals surface area (Å²) in [4.78, 5) is 74.2. The second-order valence-corrected chi connectivity index (χ2v) is 16.0. The number of amides is 6. The topological polar surface area (TPSA) is 87.7 Å². The first kappa shape index (κ1) is 34.1. The van der Waals surface area contributed by atoms with Crippen molar-refractivity contribution in [3.05, 3.63) is 179 Å². The predicted octanol–water partition coefficient (Wildman–Crippen LogP) is 9.10. The van der Waals surface area contributed by atoms with Crippen LogP contribution in [0, 0.1) is 27.7 Å². The van der Waals surface area contributed by atoms with Gasteiger partial charge in [0.15, 0.2) is 0 Å². The van der Waals surface area contributed by atoms with E-state index in [1.54, 1.807) is 48.5 Å². The van der Waals surface area contributed by atoms with Crippen molar-refractivity contribution in [2.24, 2.45) is 0 Å². The summed E-state index contributed by atoms with van der Waals surface area (Å²) in [7, 11) is 0. The fourth-order valence-electron chi connectivity index (χ4n) is 10.3. The van der Waals surface area contributed by atoms with E-state index in [1.165, 1.54) is 19.6 Å². The molecule has 11 rings (SSSR count). The average molecular weight is 763 g/mol. The number of anilines is 6. The molecule has 0 aliphatic carbocycles. The summed E-state index contributed by atoms with van der Waals surface area (Å²) < 4.78 is 0. The van der Waals surface area contributed by atoms with E-state index in [2.05, 4.69) is 12.1 Å². The van der Waals surface area contributed by atoms with E-state index in [4.69, 9.17) is 0 Å². The number of rotatable bonds is 4. The highest BCUT2D eigenvalue weighted by Gasteiger charge is 2.89. The van der Waals surface area contributed by atoms with Gasteiger partial charge in [0.1, 0.15) is 0 Å². The average Bonchev–Trinajstić information content (AvgIpc) is 3.60. The smallest absolute Gasteiger partial charge is 0.327 e. The van der Waals surface area contributed by atoms with Crippen LogP contribution < -0.4 is 29.4 Å². The van der Waals surface area contributed by atoms with Crippen molar-refractivity contribution in [2.75, 3.05) is 29.4 Å². The van der Waals surface area contributed by atoms with Crippen LogP contribution in [0.1, 0.15) is 45.5 Å². The van der Waals surface area contributed by atoms with Gasteiger partial charge in [-0.3, -0.25) is 19.4 Å². The number of hydrogen-bond acceptors (Lipinski definition) is 6. The van der Waals surface area contributed by atoms with Crippen LogP contribution in [-0.2, 0) is 9.59 Å². The Morgan fingerprint density at radius 2 is 0.741 bits per heavy atom. The standard InChI is InChI=1S/C48H38N6O4/c1-29-15-21-35(22-16-29)51-41-37-27-31(3)19-25-39(37)53-45(57)49(33-11-7-5-8-12-33)43(55)47(51,53)48-44(56)50(34-13-9-6-10-14-34)46(58)54(48)40-26-20-32(4)28-38(40)42(41)52(48)36-23-17-30(2)18-24-36/h5-28,41-42H,1-4H3/t41-,42-,47+,48+/m1/s1. The number of fused-ring (bicyclic) bond motifs is 9. The van der Waals surface area contributed by atoms with Crippen molar-refractivity contribution in [3.63, 3.8) is 0 Å². The Labute approximate surface area is 335 Å². The predicted molar refractivity (Wildman–Crippen MR) is 224 cm³/mol. The van der Waals surface area contributed by atoms with Crippen LogP contribution >= 0.6 is 0 Å². The minimum absolute atomic E-state index is 0.353. The molecule has 5 aliphatic heterocycles. The van der Waals surface area contributed by atoms with Gasteiger partial charge in [0.25, 0.3) is 23.1 Å². The van der Waals surface area contributed by atoms with E-state index >= 15 is 19.2 Å². The summed E-state index contributed by atoms with van der Waals surface area (Å²) in [5.41, 5.74) is 4.17. The molecule has 58 heavy (non-hydrogen) atoms. The molecule has 10 heteroatoms. The maximum Gasteiger partial charge on any atom is 0.338 e. The van der Waals surface area contributed by atoms with Crippen LogP contribution in [0.15, 0.2) is 146 Å². The van der Waals surface area contributed by atoms with E-state index in [1.807, 2.05) is 122 Å². The van der Waals surface area contributed by atoms with E-state index in [-0.39, 0.29) is 0 Å². The molecule has 0 N–H and O–H groups in total. The van der Waals surface area contributed by atoms with Crippen molar-refractivity contribution in [3.8, 4) is 0 Å². The molecule has 6 amide bonds. The third-order valence-corrected chi connectivity index (χ3v) is 12.6. The second kappa shape index (κ2) is 11.7. The summed E-state index contributed by atoms with van der Waals surface area (Å²) in [5, 5.41) is 0. The lowest BCUT2D eigenvalue weighted by Gasteiger charge is -2.71. The molecule has 6 aromatic carbocycles. The van der Waals surface area contributed by atoms with Crippen LogP contribution in [0.25, 0.3) is 0 Å². The lowest BCUT2D eigenvalue weighted by molar-refractivity contribution is -0.134. The van der Waals surface area contributed by atoms with Gasteiger partial charge in [0, 0.05) is 22.5 Å². The Balaban J connectivity index is 1.38. The molecule has 0 radical (unpaired) electrons. The lowest BCUT2D eigenvalue weighted by Crippen LogP contribution is -2.92. The monoisotopic (exact) mass is 762 g/mol. The first-order valence-electron chi connectivity index (χ1n) is 19.5. The number of aryl methyl sites for hydroxylation is 4. The zero-order valence-corrected chi connectivity index (χ0v) is 32.3. The molecular formula is C48H38N6O4. The molecule has 4 atom stereocenters. The second-order valence-electron chi connectivity index (χ2n) is 16.0. The maximum atomic E-state index is 16.6. The van der Waals surface area contributed by atoms with Crippen molar-refractivity contribution in [1.82, 2.24) is 0 Å². The number of benzene rings is 6. The molecule has 0 aromatic heterocycles. The molecule has 0 saturated carbocycles. The number of nitrogens with zero attached hydrogens (tertiary/aromatic N) is 6.